The average molecular weight is 556 g/mol. The Balaban J connectivity index is 1.18. The van der Waals surface area contributed by atoms with Crippen LogP contribution >= 0.6 is 0 Å². The van der Waals surface area contributed by atoms with Gasteiger partial charge in [0.1, 0.15) is 11.2 Å². The summed E-state index contributed by atoms with van der Waals surface area (Å²) in [4.78, 5) is 4.77. The van der Waals surface area contributed by atoms with Crippen molar-refractivity contribution in [1.29, 1.82) is 5.41 Å². The molecule has 7 rings (SSSR count). The third kappa shape index (κ3) is 5.34. The van der Waals surface area contributed by atoms with Gasteiger partial charge in [0.05, 0.1) is 11.4 Å². The van der Waals surface area contributed by atoms with Gasteiger partial charge in [-0.05, 0) is 60.5 Å². The quantitative estimate of drug-likeness (QED) is 0.192. The van der Waals surface area contributed by atoms with E-state index in [2.05, 4.69) is 59.9 Å². The maximum Gasteiger partial charge on any atom is 0.136 e. The standard InChI is InChI=1S/C39H29N3O/c1-26-10-9-13-29(22-26)39(40)32-15-5-7-16-35(32)41-25-27-18-20-30(21-19-27)42-36-23-34-31-14-6-8-17-37(31)43-38(34)24-33(36)28-11-3-2-4-12-28/h2-25,40,42H,1H3. The van der Waals surface area contributed by atoms with Crippen molar-refractivity contribution in [2.75, 3.05) is 5.32 Å². The van der Waals surface area contributed by atoms with Crippen molar-refractivity contribution in [2.45, 2.75) is 6.92 Å². The number of hydrogen-bond acceptors (Lipinski definition) is 4. The van der Waals surface area contributed by atoms with Crippen LogP contribution in [0.25, 0.3) is 33.1 Å². The first-order valence-electron chi connectivity index (χ1n) is 14.3. The molecular formula is C39H29N3O. The Morgan fingerprint density at radius 1 is 0.698 bits per heavy atom. The highest BCUT2D eigenvalue weighted by Crippen LogP contribution is 2.38. The third-order valence-electron chi connectivity index (χ3n) is 7.62. The van der Waals surface area contributed by atoms with E-state index in [0.29, 0.717) is 5.71 Å². The summed E-state index contributed by atoms with van der Waals surface area (Å²) < 4.78 is 6.20. The molecule has 0 bridgehead atoms. The first-order chi connectivity index (χ1) is 21.1. The predicted octanol–water partition coefficient (Wildman–Crippen LogP) is 10.5. The van der Waals surface area contributed by atoms with Crippen LogP contribution in [0.5, 0.6) is 0 Å². The van der Waals surface area contributed by atoms with Gasteiger partial charge in [-0.15, -0.1) is 0 Å². The van der Waals surface area contributed by atoms with Gasteiger partial charge in [-0.3, -0.25) is 10.4 Å². The van der Waals surface area contributed by atoms with Gasteiger partial charge in [0.25, 0.3) is 0 Å². The predicted molar refractivity (Wildman–Crippen MR) is 180 cm³/mol. The number of benzene rings is 6. The number of rotatable bonds is 7. The average Bonchev–Trinajstić information content (AvgIpc) is 3.42. The van der Waals surface area contributed by atoms with Crippen molar-refractivity contribution in [3.05, 3.63) is 162 Å². The van der Waals surface area contributed by atoms with Crippen molar-refractivity contribution in [2.24, 2.45) is 4.99 Å². The minimum absolute atomic E-state index is 0.465. The van der Waals surface area contributed by atoms with Crippen LogP contribution in [0.2, 0.25) is 0 Å². The molecule has 0 saturated carbocycles. The fourth-order valence-electron chi connectivity index (χ4n) is 5.44. The zero-order chi connectivity index (χ0) is 29.2. The zero-order valence-electron chi connectivity index (χ0n) is 23.7. The molecule has 0 aliphatic carbocycles. The summed E-state index contributed by atoms with van der Waals surface area (Å²) in [5, 5.41) is 14.6. The first kappa shape index (κ1) is 26.2. The number of nitrogens with zero attached hydrogens (tertiary/aromatic N) is 1. The lowest BCUT2D eigenvalue weighted by Gasteiger charge is -2.13. The molecule has 1 aromatic heterocycles. The lowest BCUT2D eigenvalue weighted by Crippen LogP contribution is -2.02. The Labute approximate surface area is 250 Å². The summed E-state index contributed by atoms with van der Waals surface area (Å²) in [7, 11) is 0. The number of fused-ring (bicyclic) bond motifs is 3. The van der Waals surface area contributed by atoms with Crippen LogP contribution in [-0.2, 0) is 0 Å². The van der Waals surface area contributed by atoms with Crippen LogP contribution in [0.1, 0.15) is 22.3 Å². The first-order valence-corrected chi connectivity index (χ1v) is 14.3. The number of para-hydroxylation sites is 2. The van der Waals surface area contributed by atoms with Crippen LogP contribution in [0.3, 0.4) is 0 Å². The van der Waals surface area contributed by atoms with Crippen molar-refractivity contribution in [3.8, 4) is 11.1 Å². The van der Waals surface area contributed by atoms with E-state index in [0.717, 1.165) is 72.4 Å². The SMILES string of the molecule is Cc1cccc(C(=N)c2ccccc2N=Cc2ccc(Nc3cc4c(cc3-c3ccccc3)oc3ccccc34)cc2)c1. The topological polar surface area (TPSA) is 61.4 Å². The van der Waals surface area contributed by atoms with Gasteiger partial charge in [-0.25, -0.2) is 0 Å². The summed E-state index contributed by atoms with van der Waals surface area (Å²) in [5.41, 5.74) is 11.0. The van der Waals surface area contributed by atoms with Crippen LogP contribution < -0.4 is 5.32 Å². The zero-order valence-corrected chi connectivity index (χ0v) is 23.7. The van der Waals surface area contributed by atoms with Gasteiger partial charge in [0, 0.05) is 45.1 Å². The maximum atomic E-state index is 8.80. The molecule has 7 aromatic rings. The van der Waals surface area contributed by atoms with E-state index < -0.39 is 0 Å². The lowest BCUT2D eigenvalue weighted by molar-refractivity contribution is 0.669. The second-order valence-electron chi connectivity index (χ2n) is 10.6. The summed E-state index contributed by atoms with van der Waals surface area (Å²) in [6.07, 6.45) is 1.85. The van der Waals surface area contributed by atoms with E-state index in [9.17, 15) is 0 Å². The van der Waals surface area contributed by atoms with Crippen LogP contribution in [0.15, 0.2) is 149 Å². The summed E-state index contributed by atoms with van der Waals surface area (Å²) >= 11 is 0. The number of nitrogens with one attached hydrogen (secondary N) is 2. The molecule has 0 aliphatic rings. The fourth-order valence-corrected chi connectivity index (χ4v) is 5.44. The molecule has 0 spiro atoms. The van der Waals surface area contributed by atoms with Crippen LogP contribution in [0.4, 0.5) is 17.1 Å². The van der Waals surface area contributed by atoms with E-state index in [1.54, 1.807) is 0 Å². The Morgan fingerprint density at radius 2 is 1.47 bits per heavy atom. The van der Waals surface area contributed by atoms with Gasteiger partial charge in [-0.1, -0.05) is 103 Å². The number of aryl methyl sites for hydroxylation is 1. The van der Waals surface area contributed by atoms with E-state index in [1.807, 2.05) is 98.1 Å². The van der Waals surface area contributed by atoms with E-state index in [1.165, 1.54) is 0 Å². The molecule has 43 heavy (non-hydrogen) atoms. The van der Waals surface area contributed by atoms with Crippen LogP contribution in [0, 0.1) is 12.3 Å². The van der Waals surface area contributed by atoms with Crippen LogP contribution in [-0.4, -0.2) is 11.9 Å². The molecule has 0 aliphatic heterocycles. The van der Waals surface area contributed by atoms with Gasteiger partial charge in [0.15, 0.2) is 0 Å². The van der Waals surface area contributed by atoms with Crippen molar-refractivity contribution in [1.82, 2.24) is 0 Å². The molecule has 206 valence electrons. The highest BCUT2D eigenvalue weighted by atomic mass is 16.3. The molecule has 1 heterocycles. The molecule has 4 heteroatoms. The van der Waals surface area contributed by atoms with Crippen molar-refractivity contribution < 1.29 is 4.42 Å². The molecular weight excluding hydrogens is 526 g/mol. The molecule has 0 fully saturated rings. The van der Waals surface area contributed by atoms with Crippen molar-refractivity contribution in [3.63, 3.8) is 0 Å². The molecule has 0 unspecified atom stereocenters. The monoisotopic (exact) mass is 555 g/mol. The highest BCUT2D eigenvalue weighted by molar-refractivity contribution is 6.14. The minimum atomic E-state index is 0.465. The minimum Gasteiger partial charge on any atom is -0.456 e. The molecule has 0 saturated heterocycles. The molecule has 0 amide bonds. The van der Waals surface area contributed by atoms with E-state index in [4.69, 9.17) is 14.8 Å². The summed E-state index contributed by atoms with van der Waals surface area (Å²) in [6.45, 7) is 2.04. The molecule has 4 nitrogen and oxygen atoms in total. The smallest absolute Gasteiger partial charge is 0.136 e. The lowest BCUT2D eigenvalue weighted by atomic mass is 9.99. The van der Waals surface area contributed by atoms with Crippen molar-refractivity contribution >= 4 is 50.9 Å². The third-order valence-corrected chi connectivity index (χ3v) is 7.62. The summed E-state index contributed by atoms with van der Waals surface area (Å²) in [6, 6.07) is 46.9. The van der Waals surface area contributed by atoms with Gasteiger partial charge in [-0.2, -0.15) is 0 Å². The maximum absolute atomic E-state index is 8.80. The van der Waals surface area contributed by atoms with Gasteiger partial charge >= 0.3 is 0 Å². The fraction of sp³-hybridized carbons (Fsp3) is 0.0256. The molecule has 0 atom stereocenters. The molecule has 0 radical (unpaired) electrons. The Kier molecular flexibility index (Phi) is 6.86. The van der Waals surface area contributed by atoms with Gasteiger partial charge < -0.3 is 9.73 Å². The summed E-state index contributed by atoms with van der Waals surface area (Å²) in [5.74, 6) is 0. The Morgan fingerprint density at radius 3 is 2.30 bits per heavy atom. The largest absolute Gasteiger partial charge is 0.456 e. The van der Waals surface area contributed by atoms with Gasteiger partial charge in [0.2, 0.25) is 0 Å². The Hall–Kier alpha value is -5.74. The van der Waals surface area contributed by atoms with E-state index in [-0.39, 0.29) is 0 Å². The second-order valence-corrected chi connectivity index (χ2v) is 10.6. The molecule has 6 aromatic carbocycles. The normalized spacial score (nSPS) is 11.4. The Bertz CT molecular complexity index is 2120. The number of hydrogen-bond donors (Lipinski definition) is 2. The highest BCUT2D eigenvalue weighted by Gasteiger charge is 2.14. The number of furan rings is 1. The van der Waals surface area contributed by atoms with E-state index >= 15 is 0 Å². The number of aliphatic imine (C=N–C) groups is 1. The second kappa shape index (κ2) is 11.3. The number of anilines is 2. The molecule has 2 N–H and O–H groups in total.